The SMILES string of the molecule is Cc1ncc([N+](=O)[O-])n1CCO.Clc1ccc(COC(Cn2ccnc2)c2ccc(Cl)cc2Cl)c(Cl)c1.O=[N+]([O-])O. The van der Waals surface area contributed by atoms with Crippen LogP contribution in [0.25, 0.3) is 0 Å². The van der Waals surface area contributed by atoms with Gasteiger partial charge >= 0.3 is 5.82 Å². The highest BCUT2D eigenvalue weighted by Gasteiger charge is 2.18. The Morgan fingerprint density at radius 2 is 1.68 bits per heavy atom. The zero-order valence-corrected chi connectivity index (χ0v) is 24.3. The molecule has 13 nitrogen and oxygen atoms in total. The largest absolute Gasteiger partial charge is 0.392 e. The van der Waals surface area contributed by atoms with E-state index < -0.39 is 10.0 Å². The first-order chi connectivity index (χ1) is 19.4. The van der Waals surface area contributed by atoms with Crippen molar-refractivity contribution >= 4 is 52.2 Å². The third-order valence-corrected chi connectivity index (χ3v) is 6.39. The molecule has 0 fully saturated rings. The number of hydrogen-bond acceptors (Lipinski definition) is 8. The summed E-state index contributed by atoms with van der Waals surface area (Å²) < 4.78 is 9.42. The maximum absolute atomic E-state index is 10.4. The van der Waals surface area contributed by atoms with Gasteiger partial charge in [0.2, 0.25) is 0 Å². The number of imidazole rings is 2. The summed E-state index contributed by atoms with van der Waals surface area (Å²) in [4.78, 5) is 26.0. The van der Waals surface area contributed by atoms with Crippen LogP contribution < -0.4 is 0 Å². The van der Waals surface area contributed by atoms with Crippen LogP contribution in [-0.4, -0.2) is 46.0 Å². The highest BCUT2D eigenvalue weighted by molar-refractivity contribution is 6.35. The molecule has 0 amide bonds. The van der Waals surface area contributed by atoms with Gasteiger partial charge in [-0.3, -0.25) is 0 Å². The van der Waals surface area contributed by atoms with Gasteiger partial charge in [0.05, 0.1) is 26.1 Å². The van der Waals surface area contributed by atoms with E-state index >= 15 is 0 Å². The van der Waals surface area contributed by atoms with Crippen LogP contribution >= 0.6 is 46.4 Å². The van der Waals surface area contributed by atoms with Crippen LogP contribution in [0.3, 0.4) is 0 Å². The molecule has 17 heteroatoms. The molecule has 0 aliphatic rings. The lowest BCUT2D eigenvalue weighted by Crippen LogP contribution is -2.12. The molecule has 0 radical (unpaired) electrons. The summed E-state index contributed by atoms with van der Waals surface area (Å²) in [5, 5.41) is 34.9. The first-order valence-corrected chi connectivity index (χ1v) is 13.0. The van der Waals surface area contributed by atoms with Gasteiger partial charge in [-0.25, -0.2) is 14.5 Å². The molecule has 0 spiro atoms. The van der Waals surface area contributed by atoms with Crippen molar-refractivity contribution in [3.05, 3.63) is 119 Å². The second-order valence-electron chi connectivity index (χ2n) is 7.99. The topological polar surface area (TPSA) is 172 Å². The molecular formula is C24H24Cl4N6O7. The summed E-state index contributed by atoms with van der Waals surface area (Å²) in [5.74, 6) is 0.456. The van der Waals surface area contributed by atoms with Crippen molar-refractivity contribution in [2.24, 2.45) is 0 Å². The predicted octanol–water partition coefficient (Wildman–Crippen LogP) is 6.20. The number of halogens is 4. The smallest absolute Gasteiger partial charge is 0.342 e. The number of aliphatic hydroxyl groups is 1. The zero-order valence-electron chi connectivity index (χ0n) is 21.3. The van der Waals surface area contributed by atoms with Crippen LogP contribution in [-0.2, 0) is 24.4 Å². The van der Waals surface area contributed by atoms with Gasteiger partial charge < -0.3 is 29.7 Å². The van der Waals surface area contributed by atoms with Crippen LogP contribution in [0.2, 0.25) is 20.1 Å². The van der Waals surface area contributed by atoms with Crippen molar-refractivity contribution in [1.82, 2.24) is 19.1 Å². The molecule has 2 aromatic carbocycles. The molecule has 220 valence electrons. The van der Waals surface area contributed by atoms with Gasteiger partial charge in [-0.2, -0.15) is 0 Å². The number of hydrogen-bond donors (Lipinski definition) is 2. The van der Waals surface area contributed by atoms with Gasteiger partial charge in [0.15, 0.2) is 5.82 Å². The Morgan fingerprint density at radius 3 is 2.22 bits per heavy atom. The molecule has 2 heterocycles. The molecule has 0 aliphatic heterocycles. The molecule has 0 saturated heterocycles. The molecule has 2 N–H and O–H groups in total. The van der Waals surface area contributed by atoms with E-state index in [1.54, 1.807) is 43.7 Å². The quantitative estimate of drug-likeness (QED) is 0.158. The summed E-state index contributed by atoms with van der Waals surface area (Å²) in [6.07, 6.45) is 6.22. The average Bonchev–Trinajstić information content (AvgIpc) is 3.53. The number of ether oxygens (including phenoxy) is 1. The molecule has 2 aromatic heterocycles. The molecule has 1 unspecified atom stereocenters. The second-order valence-corrected chi connectivity index (χ2v) is 9.68. The van der Waals surface area contributed by atoms with Crippen molar-refractivity contribution < 1.29 is 25.1 Å². The van der Waals surface area contributed by atoms with E-state index in [0.29, 0.717) is 39.1 Å². The molecule has 0 saturated carbocycles. The summed E-state index contributed by atoms with van der Waals surface area (Å²) in [5.41, 5.74) is 1.71. The highest BCUT2D eigenvalue weighted by Crippen LogP contribution is 2.31. The van der Waals surface area contributed by atoms with Crippen molar-refractivity contribution in [2.45, 2.75) is 32.7 Å². The van der Waals surface area contributed by atoms with E-state index in [1.807, 2.05) is 22.9 Å². The van der Waals surface area contributed by atoms with Gasteiger partial charge in [-0.1, -0.05) is 58.5 Å². The Balaban J connectivity index is 0.000000306. The highest BCUT2D eigenvalue weighted by atomic mass is 35.5. The zero-order chi connectivity index (χ0) is 30.5. The summed E-state index contributed by atoms with van der Waals surface area (Å²) >= 11 is 24.5. The fourth-order valence-corrected chi connectivity index (χ4v) is 4.39. The number of nitro groups is 1. The van der Waals surface area contributed by atoms with Crippen LogP contribution in [0.4, 0.5) is 5.82 Å². The van der Waals surface area contributed by atoms with Crippen LogP contribution in [0, 0.1) is 27.2 Å². The van der Waals surface area contributed by atoms with E-state index in [4.69, 9.17) is 71.6 Å². The monoisotopic (exact) mass is 648 g/mol. The van der Waals surface area contributed by atoms with E-state index in [1.165, 1.54) is 10.8 Å². The van der Waals surface area contributed by atoms with Crippen molar-refractivity contribution in [3.8, 4) is 0 Å². The fraction of sp³-hybridized carbons (Fsp3) is 0.250. The number of nitrogens with zero attached hydrogens (tertiary/aromatic N) is 6. The van der Waals surface area contributed by atoms with Crippen LogP contribution in [0.1, 0.15) is 23.1 Å². The van der Waals surface area contributed by atoms with E-state index in [9.17, 15) is 10.1 Å². The Kier molecular flexibility index (Phi) is 13.8. The predicted molar refractivity (Wildman–Crippen MR) is 152 cm³/mol. The summed E-state index contributed by atoms with van der Waals surface area (Å²) in [7, 11) is 0. The maximum atomic E-state index is 10.4. The normalized spacial score (nSPS) is 11.1. The lowest BCUT2D eigenvalue weighted by atomic mass is 10.1. The molecule has 0 bridgehead atoms. The number of aryl methyl sites for hydroxylation is 1. The van der Waals surface area contributed by atoms with Gasteiger partial charge in [-0.15, -0.1) is 10.1 Å². The molecule has 4 aromatic rings. The van der Waals surface area contributed by atoms with E-state index in [0.717, 1.165) is 11.1 Å². The summed E-state index contributed by atoms with van der Waals surface area (Å²) in [6.45, 7) is 2.63. The maximum Gasteiger partial charge on any atom is 0.342 e. The van der Waals surface area contributed by atoms with E-state index in [2.05, 4.69) is 9.97 Å². The third-order valence-electron chi connectivity index (χ3n) is 5.25. The van der Waals surface area contributed by atoms with Crippen molar-refractivity contribution in [3.63, 3.8) is 0 Å². The molecule has 0 aliphatic carbocycles. The van der Waals surface area contributed by atoms with Gasteiger partial charge in [0.1, 0.15) is 18.8 Å². The van der Waals surface area contributed by atoms with Gasteiger partial charge in [0.25, 0.3) is 5.09 Å². The Labute approximate surface area is 253 Å². The first-order valence-electron chi connectivity index (χ1n) is 11.5. The minimum atomic E-state index is -1.50. The van der Waals surface area contributed by atoms with Crippen LogP contribution in [0.15, 0.2) is 61.3 Å². The van der Waals surface area contributed by atoms with Gasteiger partial charge in [0, 0.05) is 45.0 Å². The molecule has 4 rings (SSSR count). The second kappa shape index (κ2) is 16.7. The lowest BCUT2D eigenvalue weighted by molar-refractivity contribution is -0.742. The van der Waals surface area contributed by atoms with Crippen molar-refractivity contribution in [1.29, 1.82) is 0 Å². The first kappa shape index (κ1) is 33.7. The molecule has 41 heavy (non-hydrogen) atoms. The minimum Gasteiger partial charge on any atom is -0.392 e. The number of aromatic nitrogens is 4. The number of benzene rings is 2. The Morgan fingerprint density at radius 1 is 1.05 bits per heavy atom. The van der Waals surface area contributed by atoms with Crippen molar-refractivity contribution in [2.75, 3.05) is 6.61 Å². The Bertz CT molecular complexity index is 1430. The number of aliphatic hydroxyl groups excluding tert-OH is 1. The molecule has 1 atom stereocenters. The third kappa shape index (κ3) is 11.1. The van der Waals surface area contributed by atoms with Gasteiger partial charge in [-0.05, 0) is 34.8 Å². The van der Waals surface area contributed by atoms with Crippen LogP contribution in [0.5, 0.6) is 0 Å². The number of rotatable bonds is 9. The molecular weight excluding hydrogens is 626 g/mol. The average molecular weight is 650 g/mol. The minimum absolute atomic E-state index is 0.0819. The Hall–Kier alpha value is -3.46. The standard InChI is InChI=1S/C18H14Cl4N2O.C6H9N3O3.HNO3/c19-13-2-1-12(16(21)7-13)10-25-18(9-24-6-5-23-11-24)15-4-3-14(20)8-17(15)22;1-5-7-4-6(9(11)12)8(5)2-3-10;2-1(3)4/h1-8,11,18H,9-10H2;4,10H,2-3H2,1H3;(H,2,3,4). The summed E-state index contributed by atoms with van der Waals surface area (Å²) in [6, 6.07) is 10.7. The van der Waals surface area contributed by atoms with E-state index in [-0.39, 0.29) is 25.1 Å². The lowest BCUT2D eigenvalue weighted by Gasteiger charge is -2.21. The fourth-order valence-electron chi connectivity index (χ4n) is 3.40.